The van der Waals surface area contributed by atoms with Crippen molar-refractivity contribution in [2.24, 2.45) is 11.8 Å². The van der Waals surface area contributed by atoms with Crippen LogP contribution >= 0.6 is 0 Å². The maximum Gasteiger partial charge on any atom is 0.317 e. The maximum absolute atomic E-state index is 13.1. The summed E-state index contributed by atoms with van der Waals surface area (Å²) in [6.07, 6.45) is 6.33. The van der Waals surface area contributed by atoms with Gasteiger partial charge in [0.2, 0.25) is 0 Å². The third kappa shape index (κ3) is 4.72. The zero-order valence-corrected chi connectivity index (χ0v) is 14.8. The molecule has 1 N–H and O–H groups in total. The van der Waals surface area contributed by atoms with Crippen LogP contribution in [0.5, 0.6) is 0 Å². The lowest BCUT2D eigenvalue weighted by Crippen LogP contribution is -2.42. The molecule has 1 aromatic carbocycles. The topological polar surface area (TPSA) is 35.6 Å². The first-order chi connectivity index (χ1) is 12.2. The SMILES string of the molecule is O=C(NC[C@@H]1CCN(C2CC2)C1)N(Cc1ccc(F)cc1)CC1CC1. The van der Waals surface area contributed by atoms with Gasteiger partial charge in [-0.25, -0.2) is 9.18 Å². The summed E-state index contributed by atoms with van der Waals surface area (Å²) in [4.78, 5) is 17.2. The van der Waals surface area contributed by atoms with E-state index >= 15 is 0 Å². The number of nitrogens with zero attached hydrogens (tertiary/aromatic N) is 2. The number of carbonyl (C=O) groups is 1. The van der Waals surface area contributed by atoms with Gasteiger partial charge in [0.15, 0.2) is 0 Å². The second kappa shape index (κ2) is 7.32. The number of halogens is 1. The Morgan fingerprint density at radius 3 is 2.56 bits per heavy atom. The van der Waals surface area contributed by atoms with E-state index in [0.717, 1.165) is 31.2 Å². The third-order valence-corrected chi connectivity index (χ3v) is 5.67. The number of amides is 2. The molecule has 0 unspecified atom stereocenters. The van der Waals surface area contributed by atoms with Gasteiger partial charge in [0.25, 0.3) is 0 Å². The van der Waals surface area contributed by atoms with Crippen LogP contribution in [-0.4, -0.2) is 48.1 Å². The zero-order chi connectivity index (χ0) is 17.2. The van der Waals surface area contributed by atoms with Crippen molar-refractivity contribution in [3.8, 4) is 0 Å². The van der Waals surface area contributed by atoms with Gasteiger partial charge in [-0.2, -0.15) is 0 Å². The maximum atomic E-state index is 13.1. The Hall–Kier alpha value is -1.62. The number of rotatable bonds is 7. The van der Waals surface area contributed by atoms with Gasteiger partial charge in [0, 0.05) is 32.2 Å². The number of likely N-dealkylation sites (tertiary alicyclic amines) is 1. The van der Waals surface area contributed by atoms with E-state index in [1.807, 2.05) is 4.90 Å². The van der Waals surface area contributed by atoms with Gasteiger partial charge in [0.1, 0.15) is 5.82 Å². The van der Waals surface area contributed by atoms with Crippen molar-refractivity contribution >= 4 is 6.03 Å². The van der Waals surface area contributed by atoms with Crippen molar-refractivity contribution in [2.45, 2.75) is 44.7 Å². The Morgan fingerprint density at radius 1 is 1.12 bits per heavy atom. The van der Waals surface area contributed by atoms with E-state index in [0.29, 0.717) is 18.4 Å². The van der Waals surface area contributed by atoms with Crippen molar-refractivity contribution in [3.63, 3.8) is 0 Å². The molecule has 1 saturated heterocycles. The second-order valence-electron chi connectivity index (χ2n) is 8.02. The van der Waals surface area contributed by atoms with E-state index in [2.05, 4.69) is 10.2 Å². The predicted octanol–water partition coefficient (Wildman–Crippen LogP) is 3.23. The van der Waals surface area contributed by atoms with Crippen LogP contribution < -0.4 is 5.32 Å². The zero-order valence-electron chi connectivity index (χ0n) is 14.8. The van der Waals surface area contributed by atoms with Crippen LogP contribution in [0, 0.1) is 17.7 Å². The lowest BCUT2D eigenvalue weighted by atomic mass is 10.1. The summed E-state index contributed by atoms with van der Waals surface area (Å²) >= 11 is 0. The third-order valence-electron chi connectivity index (χ3n) is 5.67. The van der Waals surface area contributed by atoms with E-state index in [9.17, 15) is 9.18 Å². The van der Waals surface area contributed by atoms with E-state index in [1.54, 1.807) is 12.1 Å². The summed E-state index contributed by atoms with van der Waals surface area (Å²) in [6, 6.07) is 7.33. The van der Waals surface area contributed by atoms with Crippen molar-refractivity contribution in [1.82, 2.24) is 15.1 Å². The van der Waals surface area contributed by atoms with Crippen LogP contribution in [0.4, 0.5) is 9.18 Å². The lowest BCUT2D eigenvalue weighted by molar-refractivity contribution is 0.190. The van der Waals surface area contributed by atoms with Crippen LogP contribution in [0.1, 0.15) is 37.7 Å². The molecule has 1 aromatic rings. The van der Waals surface area contributed by atoms with Gasteiger partial charge >= 0.3 is 6.03 Å². The Labute approximate surface area is 149 Å². The highest BCUT2D eigenvalue weighted by Crippen LogP contribution is 2.32. The molecule has 4 rings (SSSR count). The summed E-state index contributed by atoms with van der Waals surface area (Å²) in [5, 5.41) is 3.16. The average Bonchev–Trinajstić information content (AvgIpc) is 3.54. The molecule has 5 heteroatoms. The van der Waals surface area contributed by atoms with Crippen LogP contribution in [-0.2, 0) is 6.54 Å². The Bertz CT molecular complexity index is 597. The smallest absolute Gasteiger partial charge is 0.317 e. The van der Waals surface area contributed by atoms with Gasteiger partial charge in [-0.05, 0) is 68.2 Å². The van der Waals surface area contributed by atoms with Gasteiger partial charge in [-0.15, -0.1) is 0 Å². The first-order valence-corrected chi connectivity index (χ1v) is 9.68. The van der Waals surface area contributed by atoms with Crippen molar-refractivity contribution < 1.29 is 9.18 Å². The molecule has 1 atom stereocenters. The molecule has 1 heterocycles. The molecule has 0 radical (unpaired) electrons. The fourth-order valence-electron chi connectivity index (χ4n) is 3.79. The number of nitrogens with one attached hydrogen (secondary N) is 1. The first kappa shape index (κ1) is 16.8. The number of urea groups is 1. The molecule has 25 heavy (non-hydrogen) atoms. The summed E-state index contributed by atoms with van der Waals surface area (Å²) < 4.78 is 13.1. The Balaban J connectivity index is 1.29. The minimum atomic E-state index is -0.233. The number of hydrogen-bond acceptors (Lipinski definition) is 2. The Morgan fingerprint density at radius 2 is 1.88 bits per heavy atom. The van der Waals surface area contributed by atoms with Gasteiger partial charge in [-0.3, -0.25) is 0 Å². The number of benzene rings is 1. The minimum absolute atomic E-state index is 0.0288. The highest BCUT2D eigenvalue weighted by Gasteiger charge is 2.34. The quantitative estimate of drug-likeness (QED) is 0.823. The summed E-state index contributed by atoms with van der Waals surface area (Å²) in [5.74, 6) is 0.990. The van der Waals surface area contributed by atoms with Crippen molar-refractivity contribution in [3.05, 3.63) is 35.6 Å². The molecule has 2 amide bonds. The van der Waals surface area contributed by atoms with Crippen LogP contribution in [0.3, 0.4) is 0 Å². The highest BCUT2D eigenvalue weighted by atomic mass is 19.1. The second-order valence-corrected chi connectivity index (χ2v) is 8.02. The predicted molar refractivity (Wildman–Crippen MR) is 95.6 cm³/mol. The fraction of sp³-hybridized carbons (Fsp3) is 0.650. The molecule has 2 saturated carbocycles. The molecule has 4 nitrogen and oxygen atoms in total. The minimum Gasteiger partial charge on any atom is -0.338 e. The summed E-state index contributed by atoms with van der Waals surface area (Å²) in [7, 11) is 0. The molecule has 136 valence electrons. The van der Waals surface area contributed by atoms with Crippen LogP contribution in [0.25, 0.3) is 0 Å². The van der Waals surface area contributed by atoms with E-state index in [-0.39, 0.29) is 11.8 Å². The van der Waals surface area contributed by atoms with E-state index in [4.69, 9.17) is 0 Å². The van der Waals surface area contributed by atoms with Crippen LogP contribution in [0.2, 0.25) is 0 Å². The lowest BCUT2D eigenvalue weighted by Gasteiger charge is -2.24. The van der Waals surface area contributed by atoms with Gasteiger partial charge in [-0.1, -0.05) is 12.1 Å². The van der Waals surface area contributed by atoms with E-state index in [1.165, 1.54) is 50.8 Å². The normalized spacial score (nSPS) is 23.6. The average molecular weight is 345 g/mol. The molecule has 3 fully saturated rings. The summed E-state index contributed by atoms with van der Waals surface area (Å²) in [6.45, 7) is 4.45. The largest absolute Gasteiger partial charge is 0.338 e. The monoisotopic (exact) mass is 345 g/mol. The van der Waals surface area contributed by atoms with Gasteiger partial charge < -0.3 is 15.1 Å². The standard InChI is InChI=1S/C20H28FN3O/c21-18-5-3-16(4-6-18)13-24(12-15-1-2-15)20(25)22-11-17-9-10-23(14-17)19-7-8-19/h3-6,15,17,19H,1-2,7-14H2,(H,22,25)/t17-/m0/s1. The van der Waals surface area contributed by atoms with Crippen LogP contribution in [0.15, 0.2) is 24.3 Å². The van der Waals surface area contributed by atoms with Gasteiger partial charge in [0.05, 0.1) is 0 Å². The number of carbonyl (C=O) groups excluding carboxylic acids is 1. The molecular formula is C20H28FN3O. The molecule has 0 aromatic heterocycles. The molecule has 0 spiro atoms. The number of hydrogen-bond donors (Lipinski definition) is 1. The molecule has 3 aliphatic rings. The van der Waals surface area contributed by atoms with E-state index < -0.39 is 0 Å². The first-order valence-electron chi connectivity index (χ1n) is 9.68. The van der Waals surface area contributed by atoms with Crippen molar-refractivity contribution in [2.75, 3.05) is 26.2 Å². The molecular weight excluding hydrogens is 317 g/mol. The Kier molecular flexibility index (Phi) is 4.93. The molecule has 0 bridgehead atoms. The highest BCUT2D eigenvalue weighted by molar-refractivity contribution is 5.74. The summed E-state index contributed by atoms with van der Waals surface area (Å²) in [5.41, 5.74) is 0.984. The molecule has 1 aliphatic heterocycles. The molecule has 2 aliphatic carbocycles. The van der Waals surface area contributed by atoms with Crippen molar-refractivity contribution in [1.29, 1.82) is 0 Å². The fourth-order valence-corrected chi connectivity index (χ4v) is 3.79.